The van der Waals surface area contributed by atoms with Gasteiger partial charge in [0.25, 0.3) is 0 Å². The number of carbonyl (C=O) groups is 1. The molecule has 328 valence electrons. The number of amides is 1. The number of ether oxygens (including phenoxy) is 2. The first-order valence-corrected chi connectivity index (χ1v) is 23.6. The summed E-state index contributed by atoms with van der Waals surface area (Å²) in [6, 6.07) is 0. The Morgan fingerprint density at radius 2 is 1.60 bits per heavy atom. The van der Waals surface area contributed by atoms with E-state index in [9.17, 15) is 49.4 Å². The van der Waals surface area contributed by atoms with Crippen LogP contribution in [0.5, 0.6) is 0 Å². The number of hydrogen-bond donors (Lipinski definition) is 6. The van der Waals surface area contributed by atoms with Gasteiger partial charge in [-0.25, -0.2) is 12.5 Å². The smallest absolute Gasteiger partial charge is 0.387 e. The monoisotopic (exact) mass is 873 g/mol. The zero-order valence-corrected chi connectivity index (χ0v) is 35.5. The van der Waals surface area contributed by atoms with Gasteiger partial charge in [0.1, 0.15) is 18.3 Å². The zero-order chi connectivity index (χ0) is 42.5. The van der Waals surface area contributed by atoms with Gasteiger partial charge in [-0.1, -0.05) is 58.4 Å². The Labute approximate surface area is 335 Å². The molecule has 5 rings (SSSR count). The van der Waals surface area contributed by atoms with E-state index in [1.807, 2.05) is 13.0 Å². The molecule has 3 saturated carbocycles. The van der Waals surface area contributed by atoms with Crippen LogP contribution in [0.2, 0.25) is 0 Å². The van der Waals surface area contributed by atoms with Gasteiger partial charge in [0.2, 0.25) is 5.91 Å². The maximum absolute atomic E-state index is 12.7. The molecule has 4 fully saturated rings. The SMILES string of the molecule is C[C@H](/C=C/[C@@H](C)[C@@H](C)C(=O)NCCOS(=O)(=O)O)[C@H]1CC[C@H]2[C@@H]3C[C@H](O[C@@H]4O[C@H](C)[C@@H](OS(=O)(=O)O)[C@H](O)[C@H]4O)[C@H]4C[C@@H](OS(=O)(=O)O)CC[C@]4(C)C3=CC[C@]12C. The molecule has 0 bridgehead atoms. The standard InChI is InChI=1S/C36H59NO17S3/c1-19(21(3)33(40)37-15-16-50-55(41,42)43)7-8-20(2)25-9-10-26-24-18-29(52-34-31(39)30(38)32(22(4)51-34)54-57(47,48)49)28-17-23(53-56(44,45)46)11-13-36(28,6)27(24)12-14-35(25,26)5/h7-8,12,19-26,28-32,34,38-39H,9-11,13-18H2,1-6H3,(H,37,40)(H,41,42,43)(H,44,45,46)(H,47,48,49)/b8-7+/t19-,20-,21-,22-,23+,24+,25-,26+,28-,29+,30-,31-,32-,34+,35-,36-/m1/s1. The average Bonchev–Trinajstić information content (AvgIpc) is 3.45. The van der Waals surface area contributed by atoms with E-state index < -0.39 is 85.4 Å². The summed E-state index contributed by atoms with van der Waals surface area (Å²) < 4.78 is 122. The Hall–Kier alpha value is -1.60. The Kier molecular flexibility index (Phi) is 14.2. The van der Waals surface area contributed by atoms with Gasteiger partial charge in [0.05, 0.1) is 24.9 Å². The molecule has 0 aromatic rings. The third-order valence-corrected chi connectivity index (χ3v) is 15.3. The molecule has 16 atom stereocenters. The van der Waals surface area contributed by atoms with Crippen molar-refractivity contribution in [2.75, 3.05) is 13.2 Å². The molecule has 0 unspecified atom stereocenters. The fourth-order valence-corrected chi connectivity index (χ4v) is 12.1. The summed E-state index contributed by atoms with van der Waals surface area (Å²) in [5.41, 5.74) is 0.657. The number of aliphatic hydroxyl groups excluding tert-OH is 2. The number of rotatable bonds is 15. The highest BCUT2D eigenvalue weighted by molar-refractivity contribution is 7.81. The Bertz CT molecular complexity index is 1860. The normalized spacial score (nSPS) is 40.3. The Morgan fingerprint density at radius 3 is 2.23 bits per heavy atom. The molecule has 4 aliphatic carbocycles. The third kappa shape index (κ3) is 10.7. The number of carbonyl (C=O) groups excluding carboxylic acids is 1. The van der Waals surface area contributed by atoms with Gasteiger partial charge in [0.15, 0.2) is 6.29 Å². The van der Waals surface area contributed by atoms with E-state index in [4.69, 9.17) is 18.2 Å². The molecule has 1 saturated heterocycles. The van der Waals surface area contributed by atoms with Crippen molar-refractivity contribution in [3.8, 4) is 0 Å². The molecule has 5 aliphatic rings. The topological polar surface area (TPSA) is 279 Å². The van der Waals surface area contributed by atoms with Crippen molar-refractivity contribution < 1.29 is 75.9 Å². The van der Waals surface area contributed by atoms with Gasteiger partial charge in [-0.2, -0.15) is 25.3 Å². The van der Waals surface area contributed by atoms with Crippen LogP contribution in [0.25, 0.3) is 0 Å². The van der Waals surface area contributed by atoms with Gasteiger partial charge in [-0.15, -0.1) is 0 Å². The minimum atomic E-state index is -4.99. The minimum Gasteiger partial charge on any atom is -0.387 e. The van der Waals surface area contributed by atoms with E-state index in [0.717, 1.165) is 19.3 Å². The molecule has 1 heterocycles. The van der Waals surface area contributed by atoms with Gasteiger partial charge in [0, 0.05) is 12.5 Å². The van der Waals surface area contributed by atoms with Crippen molar-refractivity contribution in [1.29, 1.82) is 0 Å². The van der Waals surface area contributed by atoms with Crippen LogP contribution in [0.15, 0.2) is 23.8 Å². The van der Waals surface area contributed by atoms with Crippen molar-refractivity contribution in [3.05, 3.63) is 23.8 Å². The second kappa shape index (κ2) is 17.4. The lowest BCUT2D eigenvalue weighted by Gasteiger charge is -2.59. The number of nitrogens with one attached hydrogen (secondary N) is 1. The van der Waals surface area contributed by atoms with E-state index in [2.05, 4.69) is 46.6 Å². The number of aliphatic hydroxyl groups is 2. The fraction of sp³-hybridized carbons (Fsp3) is 0.861. The summed E-state index contributed by atoms with van der Waals surface area (Å²) in [6.07, 6.45) is 1.57. The first-order chi connectivity index (χ1) is 26.2. The molecule has 18 nitrogen and oxygen atoms in total. The van der Waals surface area contributed by atoms with E-state index in [1.165, 1.54) is 12.5 Å². The fourth-order valence-electron chi connectivity index (χ4n) is 10.8. The predicted octanol–water partition coefficient (Wildman–Crippen LogP) is 2.80. The van der Waals surface area contributed by atoms with Crippen molar-refractivity contribution in [2.45, 2.75) is 129 Å². The number of hydrogen-bond acceptors (Lipinski definition) is 14. The first-order valence-electron chi connectivity index (χ1n) is 19.5. The van der Waals surface area contributed by atoms with Crippen LogP contribution in [0.4, 0.5) is 0 Å². The third-order valence-electron chi connectivity index (χ3n) is 13.8. The highest BCUT2D eigenvalue weighted by Crippen LogP contribution is 2.67. The molecule has 21 heteroatoms. The average molecular weight is 874 g/mol. The maximum Gasteiger partial charge on any atom is 0.397 e. The zero-order valence-electron chi connectivity index (χ0n) is 33.0. The summed E-state index contributed by atoms with van der Waals surface area (Å²) in [6.45, 7) is 11.3. The molecule has 0 aromatic heterocycles. The molecule has 1 aliphatic heterocycles. The van der Waals surface area contributed by atoms with Crippen molar-refractivity contribution in [1.82, 2.24) is 5.32 Å². The van der Waals surface area contributed by atoms with Crippen LogP contribution in [0.3, 0.4) is 0 Å². The molecule has 1 amide bonds. The largest absolute Gasteiger partial charge is 0.397 e. The molecule has 6 N–H and O–H groups in total. The van der Waals surface area contributed by atoms with E-state index in [0.29, 0.717) is 19.3 Å². The maximum atomic E-state index is 12.7. The molecule has 0 aromatic carbocycles. The quantitative estimate of drug-likeness (QED) is 0.0784. The second-order valence-corrected chi connectivity index (χ2v) is 20.4. The highest BCUT2D eigenvalue weighted by atomic mass is 32.3. The van der Waals surface area contributed by atoms with Gasteiger partial charge < -0.3 is 25.0 Å². The van der Waals surface area contributed by atoms with Crippen molar-refractivity contribution >= 4 is 37.1 Å². The van der Waals surface area contributed by atoms with Crippen LogP contribution < -0.4 is 5.32 Å². The van der Waals surface area contributed by atoms with Crippen LogP contribution in [0.1, 0.15) is 86.5 Å². The van der Waals surface area contributed by atoms with Crippen LogP contribution in [0, 0.1) is 52.3 Å². The van der Waals surface area contributed by atoms with Gasteiger partial charge in [-0.3, -0.25) is 18.5 Å². The number of allylic oxidation sites excluding steroid dienone is 4. The molecule has 0 radical (unpaired) electrons. The number of fused-ring (bicyclic) bond motifs is 5. The summed E-state index contributed by atoms with van der Waals surface area (Å²) >= 11 is 0. The second-order valence-electron chi connectivity index (χ2n) is 17.2. The van der Waals surface area contributed by atoms with Crippen LogP contribution in [-0.4, -0.2) is 111 Å². The van der Waals surface area contributed by atoms with Gasteiger partial charge >= 0.3 is 31.2 Å². The highest BCUT2D eigenvalue weighted by Gasteiger charge is 2.61. The summed E-state index contributed by atoms with van der Waals surface area (Å²) in [7, 11) is -14.3. The molecular weight excluding hydrogens is 815 g/mol. The van der Waals surface area contributed by atoms with Crippen LogP contribution >= 0.6 is 0 Å². The van der Waals surface area contributed by atoms with Crippen LogP contribution in [-0.2, 0) is 58.0 Å². The van der Waals surface area contributed by atoms with Gasteiger partial charge in [-0.05, 0) is 98.2 Å². The molecule has 57 heavy (non-hydrogen) atoms. The summed E-state index contributed by atoms with van der Waals surface area (Å²) in [4.78, 5) is 12.7. The summed E-state index contributed by atoms with van der Waals surface area (Å²) in [5, 5.41) is 24.6. The van der Waals surface area contributed by atoms with Crippen molar-refractivity contribution in [3.63, 3.8) is 0 Å². The van der Waals surface area contributed by atoms with E-state index >= 15 is 0 Å². The van der Waals surface area contributed by atoms with Crippen molar-refractivity contribution in [2.24, 2.45) is 52.3 Å². The summed E-state index contributed by atoms with van der Waals surface area (Å²) in [5.74, 6) is -0.486. The molecular formula is C36H59NO17S3. The lowest BCUT2D eigenvalue weighted by Crippen LogP contribution is -2.61. The molecule has 0 spiro atoms. The lowest BCUT2D eigenvalue weighted by atomic mass is 9.47. The van der Waals surface area contributed by atoms with E-state index in [1.54, 1.807) is 6.92 Å². The minimum absolute atomic E-state index is 0.0429. The first kappa shape index (κ1) is 46.5. The Morgan fingerprint density at radius 1 is 0.930 bits per heavy atom. The lowest BCUT2D eigenvalue weighted by molar-refractivity contribution is -0.312. The van der Waals surface area contributed by atoms with E-state index in [-0.39, 0.29) is 66.4 Å². The predicted molar refractivity (Wildman–Crippen MR) is 202 cm³/mol. The Balaban J connectivity index is 1.34.